The lowest BCUT2D eigenvalue weighted by Crippen LogP contribution is -2.53. The molecule has 0 saturated heterocycles. The Balaban J connectivity index is 2.70. The first-order chi connectivity index (χ1) is 17.3. The quantitative estimate of drug-likeness (QED) is 0.217. The van der Waals surface area contributed by atoms with Crippen LogP contribution in [0.5, 0.6) is 0 Å². The summed E-state index contributed by atoms with van der Waals surface area (Å²) in [7, 11) is 1.16. The molecule has 0 saturated carbocycles. The number of benzene rings is 1. The second-order valence-corrected chi connectivity index (χ2v) is 12.7. The molecule has 0 radical (unpaired) electrons. The molecular weight excluding hydrogens is 607 g/mol. The van der Waals surface area contributed by atoms with Gasteiger partial charge in [-0.1, -0.05) is 18.2 Å². The van der Waals surface area contributed by atoms with Crippen LogP contribution in [0.25, 0.3) is 10.9 Å². The SMILES string of the molecule is COC(=O)[C@H](Cc1c(I)n(C(=O)OC(C)(C)C)c2ccccc12)N(C(=O)OC(C)(C)C)C(=O)OC(C)(C)C. The van der Waals surface area contributed by atoms with Gasteiger partial charge in [-0.2, -0.15) is 4.90 Å². The Labute approximate surface area is 237 Å². The highest BCUT2D eigenvalue weighted by molar-refractivity contribution is 14.1. The van der Waals surface area contributed by atoms with Crippen LogP contribution >= 0.6 is 22.6 Å². The highest BCUT2D eigenvalue weighted by Gasteiger charge is 2.42. The van der Waals surface area contributed by atoms with Crippen LogP contribution in [0.4, 0.5) is 14.4 Å². The van der Waals surface area contributed by atoms with Gasteiger partial charge in [0.05, 0.1) is 16.3 Å². The minimum atomic E-state index is -1.45. The van der Waals surface area contributed by atoms with Crippen molar-refractivity contribution >= 4 is 57.7 Å². The zero-order valence-electron chi connectivity index (χ0n) is 23.6. The lowest BCUT2D eigenvalue weighted by molar-refractivity contribution is -0.146. The Morgan fingerprint density at radius 1 is 0.842 bits per heavy atom. The topological polar surface area (TPSA) is 113 Å². The van der Waals surface area contributed by atoms with E-state index in [0.717, 1.165) is 7.11 Å². The number of ether oxygens (including phenoxy) is 4. The molecular formula is C27H37IN2O8. The van der Waals surface area contributed by atoms with Gasteiger partial charge in [0.15, 0.2) is 0 Å². The lowest BCUT2D eigenvalue weighted by Gasteiger charge is -2.32. The molecule has 2 rings (SSSR count). The summed E-state index contributed by atoms with van der Waals surface area (Å²) in [4.78, 5) is 53.4. The third-order valence-electron chi connectivity index (χ3n) is 4.85. The zero-order valence-corrected chi connectivity index (χ0v) is 25.8. The maximum absolute atomic E-state index is 13.3. The molecule has 210 valence electrons. The molecule has 1 aromatic carbocycles. The molecule has 10 nitrogen and oxygen atoms in total. The summed E-state index contributed by atoms with van der Waals surface area (Å²) in [6.45, 7) is 15.1. The monoisotopic (exact) mass is 644 g/mol. The summed E-state index contributed by atoms with van der Waals surface area (Å²) in [5, 5.41) is 0.644. The lowest BCUT2D eigenvalue weighted by atomic mass is 10.0. The maximum Gasteiger partial charge on any atom is 0.420 e. The third-order valence-corrected chi connectivity index (χ3v) is 5.99. The van der Waals surface area contributed by atoms with Gasteiger partial charge in [-0.25, -0.2) is 23.7 Å². The van der Waals surface area contributed by atoms with E-state index in [1.807, 2.05) is 22.6 Å². The van der Waals surface area contributed by atoms with Crippen LogP contribution in [0.1, 0.15) is 67.9 Å². The van der Waals surface area contributed by atoms with Gasteiger partial charge in [0.2, 0.25) is 0 Å². The van der Waals surface area contributed by atoms with Crippen LogP contribution < -0.4 is 0 Å². The van der Waals surface area contributed by atoms with Gasteiger partial charge >= 0.3 is 24.2 Å². The molecule has 0 unspecified atom stereocenters. The maximum atomic E-state index is 13.3. The van der Waals surface area contributed by atoms with Crippen molar-refractivity contribution < 1.29 is 38.1 Å². The smallest absolute Gasteiger partial charge is 0.420 e. The molecule has 1 heterocycles. The van der Waals surface area contributed by atoms with Gasteiger partial charge in [0.1, 0.15) is 22.8 Å². The van der Waals surface area contributed by atoms with Gasteiger partial charge in [-0.15, -0.1) is 0 Å². The summed E-state index contributed by atoms with van der Waals surface area (Å²) in [6, 6.07) is 5.64. The van der Waals surface area contributed by atoms with E-state index in [1.54, 1.807) is 86.6 Å². The van der Waals surface area contributed by atoms with E-state index in [-0.39, 0.29) is 6.42 Å². The van der Waals surface area contributed by atoms with Crippen molar-refractivity contribution in [1.29, 1.82) is 0 Å². The number of nitrogens with zero attached hydrogens (tertiary/aromatic N) is 2. The predicted molar refractivity (Wildman–Crippen MR) is 150 cm³/mol. The molecule has 0 fully saturated rings. The number of rotatable bonds is 4. The molecule has 0 bridgehead atoms. The fraction of sp³-hybridized carbons (Fsp3) is 0.556. The molecule has 0 N–H and O–H groups in total. The van der Waals surface area contributed by atoms with E-state index in [9.17, 15) is 19.2 Å². The van der Waals surface area contributed by atoms with E-state index in [1.165, 1.54) is 4.57 Å². The number of halogens is 1. The average molecular weight is 645 g/mol. The van der Waals surface area contributed by atoms with Crippen LogP contribution in [-0.4, -0.2) is 63.7 Å². The van der Waals surface area contributed by atoms with Crippen LogP contribution in [0.3, 0.4) is 0 Å². The van der Waals surface area contributed by atoms with E-state index >= 15 is 0 Å². The number of aromatic nitrogens is 1. The Morgan fingerprint density at radius 3 is 1.76 bits per heavy atom. The molecule has 38 heavy (non-hydrogen) atoms. The van der Waals surface area contributed by atoms with Gasteiger partial charge in [-0.3, -0.25) is 0 Å². The normalized spacial score (nSPS) is 13.0. The number of carbonyl (C=O) groups is 4. The summed E-state index contributed by atoms with van der Waals surface area (Å²) in [5.74, 6) is -0.855. The van der Waals surface area contributed by atoms with E-state index < -0.39 is 47.1 Å². The first-order valence-corrected chi connectivity index (χ1v) is 13.2. The molecule has 0 aliphatic heterocycles. The van der Waals surface area contributed by atoms with Crippen LogP contribution in [-0.2, 0) is 30.2 Å². The molecule has 0 aliphatic rings. The number of esters is 1. The molecule has 0 spiro atoms. The zero-order chi connectivity index (χ0) is 29.2. The Kier molecular flexibility index (Phi) is 9.50. The van der Waals surface area contributed by atoms with Gasteiger partial charge in [-0.05, 0) is 96.5 Å². The number of hydrogen-bond donors (Lipinski definition) is 0. The number of imide groups is 1. The summed E-state index contributed by atoms with van der Waals surface area (Å²) < 4.78 is 23.4. The van der Waals surface area contributed by atoms with Gasteiger partial charge < -0.3 is 18.9 Å². The van der Waals surface area contributed by atoms with E-state index in [0.29, 0.717) is 25.1 Å². The largest absolute Gasteiger partial charge is 0.467 e. The predicted octanol–water partition coefficient (Wildman–Crippen LogP) is 6.29. The second kappa shape index (κ2) is 11.5. The van der Waals surface area contributed by atoms with Crippen molar-refractivity contribution in [2.75, 3.05) is 7.11 Å². The van der Waals surface area contributed by atoms with Crippen molar-refractivity contribution in [3.05, 3.63) is 33.5 Å². The second-order valence-electron chi connectivity index (χ2n) is 11.7. The number of para-hydroxylation sites is 1. The molecule has 1 aromatic heterocycles. The van der Waals surface area contributed by atoms with Crippen molar-refractivity contribution in [1.82, 2.24) is 9.47 Å². The van der Waals surface area contributed by atoms with Crippen LogP contribution in [0.2, 0.25) is 0 Å². The Morgan fingerprint density at radius 2 is 1.32 bits per heavy atom. The minimum Gasteiger partial charge on any atom is -0.467 e. The number of amides is 2. The fourth-order valence-electron chi connectivity index (χ4n) is 3.52. The standard InChI is InChI=1S/C27H37IN2O8/c1-25(2,3)36-22(32)29-18-14-12-11-13-16(18)17(20(29)28)15-19(21(31)35-10)30(23(33)37-26(4,5)6)24(34)38-27(7,8)9/h11-14,19H,15H2,1-10H3/t19-/m0/s1. The first kappa shape index (κ1) is 31.4. The van der Waals surface area contributed by atoms with Gasteiger partial charge in [0, 0.05) is 11.8 Å². The van der Waals surface area contributed by atoms with E-state index in [4.69, 9.17) is 18.9 Å². The number of carbonyl (C=O) groups excluding carboxylic acids is 4. The van der Waals surface area contributed by atoms with E-state index in [2.05, 4.69) is 0 Å². The highest BCUT2D eigenvalue weighted by atomic mass is 127. The average Bonchev–Trinajstić information content (AvgIpc) is 3.00. The van der Waals surface area contributed by atoms with Crippen molar-refractivity contribution in [3.63, 3.8) is 0 Å². The van der Waals surface area contributed by atoms with Crippen LogP contribution in [0.15, 0.2) is 24.3 Å². The molecule has 2 amide bonds. The van der Waals surface area contributed by atoms with Gasteiger partial charge in [0.25, 0.3) is 0 Å². The number of methoxy groups -OCH3 is 1. The molecule has 11 heteroatoms. The molecule has 2 aromatic rings. The summed E-state index contributed by atoms with van der Waals surface area (Å²) in [6.07, 6.45) is -2.89. The Hall–Kier alpha value is -2.83. The highest BCUT2D eigenvalue weighted by Crippen LogP contribution is 2.31. The summed E-state index contributed by atoms with van der Waals surface area (Å²) >= 11 is 1.99. The van der Waals surface area contributed by atoms with Crippen LogP contribution in [0, 0.1) is 3.70 Å². The molecule has 1 atom stereocenters. The number of fused-ring (bicyclic) bond motifs is 1. The van der Waals surface area contributed by atoms with Crippen molar-refractivity contribution in [3.8, 4) is 0 Å². The first-order valence-electron chi connectivity index (χ1n) is 12.1. The summed E-state index contributed by atoms with van der Waals surface area (Å²) in [5.41, 5.74) is -1.58. The van der Waals surface area contributed by atoms with Crippen molar-refractivity contribution in [2.45, 2.75) is 91.6 Å². The van der Waals surface area contributed by atoms with Crippen molar-refractivity contribution in [2.24, 2.45) is 0 Å². The molecule has 0 aliphatic carbocycles. The number of hydrogen-bond acceptors (Lipinski definition) is 8. The Bertz CT molecular complexity index is 1190. The third kappa shape index (κ3) is 8.08. The fourth-order valence-corrected chi connectivity index (χ4v) is 4.48. The minimum absolute atomic E-state index is 0.167.